The van der Waals surface area contributed by atoms with Crippen LogP contribution in [0.25, 0.3) is 0 Å². The Balaban J connectivity index is 2.43. The Kier molecular flexibility index (Phi) is 4.64. The van der Waals surface area contributed by atoms with Gasteiger partial charge in [-0.25, -0.2) is 8.42 Å². The number of hydrogen-bond donors (Lipinski definition) is 0. The lowest BCUT2D eigenvalue weighted by Gasteiger charge is -2.46. The minimum absolute atomic E-state index is 0.277. The molecule has 2 rings (SSSR count). The van der Waals surface area contributed by atoms with Gasteiger partial charge in [0.15, 0.2) is 0 Å². The molecule has 118 valence electrons. The van der Waals surface area contributed by atoms with Crippen molar-refractivity contribution in [3.05, 3.63) is 27.1 Å². The molecule has 1 fully saturated rings. The number of rotatable bonds is 2. The van der Waals surface area contributed by atoms with Crippen LogP contribution in [0.5, 0.6) is 0 Å². The monoisotopic (exact) mass is 439 g/mol. The summed E-state index contributed by atoms with van der Waals surface area (Å²) in [4.78, 5) is 0.277. The number of nitrogens with zero attached hydrogens (tertiary/aromatic N) is 1. The number of ether oxygens (including phenoxy) is 1. The van der Waals surface area contributed by atoms with Crippen molar-refractivity contribution in [2.75, 3.05) is 13.1 Å². The number of hydrogen-bond acceptors (Lipinski definition) is 3. The van der Waals surface area contributed by atoms with E-state index in [1.165, 1.54) is 4.31 Å². The molecular weight excluding hydrogens is 422 g/mol. The Morgan fingerprint density at radius 2 is 1.62 bits per heavy atom. The van der Waals surface area contributed by atoms with E-state index in [9.17, 15) is 8.42 Å². The van der Waals surface area contributed by atoms with Gasteiger partial charge in [0.1, 0.15) is 0 Å². The Labute approximate surface area is 143 Å². The molecule has 0 saturated carbocycles. The van der Waals surface area contributed by atoms with E-state index < -0.39 is 21.2 Å². The third-order valence-corrected chi connectivity index (χ3v) is 6.44. The molecule has 1 aliphatic heterocycles. The van der Waals surface area contributed by atoms with E-state index in [1.54, 1.807) is 18.2 Å². The van der Waals surface area contributed by atoms with Crippen LogP contribution in [0, 0.1) is 0 Å². The fraction of sp³-hybridized carbons (Fsp3) is 0.571. The molecule has 4 nitrogen and oxygen atoms in total. The lowest BCUT2D eigenvalue weighted by Crippen LogP contribution is -2.58. The van der Waals surface area contributed by atoms with Gasteiger partial charge >= 0.3 is 0 Å². The van der Waals surface area contributed by atoms with Crippen LogP contribution in [0.1, 0.15) is 27.7 Å². The van der Waals surface area contributed by atoms with Crippen molar-refractivity contribution < 1.29 is 13.2 Å². The van der Waals surface area contributed by atoms with E-state index in [4.69, 9.17) is 4.74 Å². The van der Waals surface area contributed by atoms with Gasteiger partial charge in [0.05, 0.1) is 16.1 Å². The summed E-state index contributed by atoms with van der Waals surface area (Å²) in [5, 5.41) is 0. The molecule has 0 bridgehead atoms. The van der Waals surface area contributed by atoms with Gasteiger partial charge in [-0.1, -0.05) is 15.9 Å². The van der Waals surface area contributed by atoms with Crippen LogP contribution in [0.15, 0.2) is 32.0 Å². The molecule has 0 aliphatic carbocycles. The Bertz CT molecular complexity index is 640. The molecule has 0 spiro atoms. The van der Waals surface area contributed by atoms with E-state index >= 15 is 0 Å². The van der Waals surface area contributed by atoms with Crippen LogP contribution in [0.4, 0.5) is 0 Å². The summed E-state index contributed by atoms with van der Waals surface area (Å²) in [7, 11) is -3.57. The smallest absolute Gasteiger partial charge is 0.244 e. The first-order chi connectivity index (χ1) is 9.43. The molecular formula is C14H19Br2NO3S. The quantitative estimate of drug-likeness (QED) is 0.702. The molecule has 0 N–H and O–H groups in total. The molecule has 1 aromatic rings. The van der Waals surface area contributed by atoms with Crippen LogP contribution < -0.4 is 0 Å². The van der Waals surface area contributed by atoms with Gasteiger partial charge in [0, 0.05) is 22.0 Å². The van der Waals surface area contributed by atoms with E-state index in [0.29, 0.717) is 17.6 Å². The molecule has 1 aliphatic rings. The molecule has 1 aromatic carbocycles. The minimum Gasteiger partial charge on any atom is -0.367 e. The third kappa shape index (κ3) is 3.88. The molecule has 0 radical (unpaired) electrons. The zero-order chi connectivity index (χ0) is 16.1. The number of morpholine rings is 1. The van der Waals surface area contributed by atoms with E-state index in [0.717, 1.165) is 4.47 Å². The van der Waals surface area contributed by atoms with E-state index in [-0.39, 0.29) is 4.90 Å². The van der Waals surface area contributed by atoms with Gasteiger partial charge in [0.2, 0.25) is 10.0 Å². The van der Waals surface area contributed by atoms with E-state index in [2.05, 4.69) is 31.9 Å². The van der Waals surface area contributed by atoms with Crippen molar-refractivity contribution in [2.45, 2.75) is 43.8 Å². The summed E-state index contributed by atoms with van der Waals surface area (Å²) < 4.78 is 34.7. The maximum Gasteiger partial charge on any atom is 0.244 e. The van der Waals surface area contributed by atoms with Crippen LogP contribution >= 0.6 is 31.9 Å². The van der Waals surface area contributed by atoms with Gasteiger partial charge in [-0.2, -0.15) is 4.31 Å². The highest BCUT2D eigenvalue weighted by molar-refractivity contribution is 9.11. The molecule has 0 atom stereocenters. The van der Waals surface area contributed by atoms with Crippen molar-refractivity contribution in [1.82, 2.24) is 4.31 Å². The molecule has 7 heteroatoms. The predicted octanol–water partition coefficient (Wildman–Crippen LogP) is 3.79. The fourth-order valence-electron chi connectivity index (χ4n) is 2.71. The third-order valence-electron chi connectivity index (χ3n) is 3.18. The SMILES string of the molecule is CC1(C)CN(S(=O)(=O)c2ccc(Br)cc2Br)CC(C)(C)O1. The first kappa shape index (κ1) is 17.4. The second-order valence-electron chi connectivity index (χ2n) is 6.47. The van der Waals surface area contributed by atoms with Crippen LogP contribution in [0.3, 0.4) is 0 Å². The number of halogens is 2. The fourth-order valence-corrected chi connectivity index (χ4v) is 6.16. The number of sulfonamides is 1. The second kappa shape index (κ2) is 5.60. The van der Waals surface area contributed by atoms with Crippen molar-refractivity contribution in [1.29, 1.82) is 0 Å². The zero-order valence-electron chi connectivity index (χ0n) is 12.5. The van der Waals surface area contributed by atoms with Gasteiger partial charge in [-0.05, 0) is 61.8 Å². The number of benzene rings is 1. The Morgan fingerprint density at radius 1 is 1.10 bits per heavy atom. The van der Waals surface area contributed by atoms with Crippen molar-refractivity contribution in [3.8, 4) is 0 Å². The molecule has 0 unspecified atom stereocenters. The molecule has 0 amide bonds. The van der Waals surface area contributed by atoms with Crippen molar-refractivity contribution in [3.63, 3.8) is 0 Å². The minimum atomic E-state index is -3.57. The second-order valence-corrected chi connectivity index (χ2v) is 10.1. The lowest BCUT2D eigenvalue weighted by atomic mass is 10.0. The zero-order valence-corrected chi connectivity index (χ0v) is 16.5. The highest BCUT2D eigenvalue weighted by Gasteiger charge is 2.43. The topological polar surface area (TPSA) is 46.6 Å². The lowest BCUT2D eigenvalue weighted by molar-refractivity contribution is -0.163. The van der Waals surface area contributed by atoms with Crippen LogP contribution in [-0.4, -0.2) is 37.0 Å². The predicted molar refractivity (Wildman–Crippen MR) is 89.8 cm³/mol. The van der Waals surface area contributed by atoms with Gasteiger partial charge in [0.25, 0.3) is 0 Å². The summed E-state index contributed by atoms with van der Waals surface area (Å²) >= 11 is 6.68. The summed E-state index contributed by atoms with van der Waals surface area (Å²) in [6.45, 7) is 8.31. The maximum atomic E-state index is 12.9. The molecule has 1 heterocycles. The largest absolute Gasteiger partial charge is 0.367 e. The summed E-state index contributed by atoms with van der Waals surface area (Å²) in [6.07, 6.45) is 0. The molecule has 1 saturated heterocycles. The summed E-state index contributed by atoms with van der Waals surface area (Å²) in [6, 6.07) is 5.08. The standard InChI is InChI=1S/C14H19Br2NO3S/c1-13(2)8-17(9-14(3,4)20-13)21(18,19)12-6-5-10(15)7-11(12)16/h5-7H,8-9H2,1-4H3. The highest BCUT2D eigenvalue weighted by Crippen LogP contribution is 2.34. The maximum absolute atomic E-state index is 12.9. The van der Waals surface area contributed by atoms with Crippen molar-refractivity contribution in [2.24, 2.45) is 0 Å². The van der Waals surface area contributed by atoms with E-state index in [1.807, 2.05) is 27.7 Å². The molecule has 0 aromatic heterocycles. The van der Waals surface area contributed by atoms with Gasteiger partial charge in [-0.15, -0.1) is 0 Å². The average molecular weight is 441 g/mol. The van der Waals surface area contributed by atoms with Crippen LogP contribution in [-0.2, 0) is 14.8 Å². The first-order valence-electron chi connectivity index (χ1n) is 6.58. The normalized spacial score (nSPS) is 22.2. The Hall–Kier alpha value is 0.0500. The van der Waals surface area contributed by atoms with Crippen molar-refractivity contribution >= 4 is 41.9 Å². The Morgan fingerprint density at radius 3 is 2.10 bits per heavy atom. The highest BCUT2D eigenvalue weighted by atomic mass is 79.9. The first-order valence-corrected chi connectivity index (χ1v) is 9.61. The average Bonchev–Trinajstić information content (AvgIpc) is 2.23. The van der Waals surface area contributed by atoms with Crippen LogP contribution in [0.2, 0.25) is 0 Å². The van der Waals surface area contributed by atoms with Gasteiger partial charge < -0.3 is 4.74 Å². The summed E-state index contributed by atoms with van der Waals surface area (Å²) in [5.74, 6) is 0. The summed E-state index contributed by atoms with van der Waals surface area (Å²) in [5.41, 5.74) is -1.03. The molecule has 21 heavy (non-hydrogen) atoms. The van der Waals surface area contributed by atoms with Gasteiger partial charge in [-0.3, -0.25) is 0 Å².